The van der Waals surface area contributed by atoms with Gasteiger partial charge in [0.1, 0.15) is 11.6 Å². The number of carbonyl (C=O) groups is 1. The van der Waals surface area contributed by atoms with Crippen molar-refractivity contribution in [2.24, 2.45) is 0 Å². The number of nitrogens with one attached hydrogen (secondary N) is 1. The molecule has 2 aromatic rings. The molecule has 130 valence electrons. The minimum Gasteiger partial charge on any atom is -0.494 e. The van der Waals surface area contributed by atoms with Crippen LogP contribution in [-0.4, -0.2) is 17.8 Å². The molecule has 2 N–H and O–H groups in total. The van der Waals surface area contributed by atoms with E-state index in [2.05, 4.69) is 17.2 Å². The number of halogens is 1. The number of ether oxygens (including phenoxy) is 1. The topological polar surface area (TPSA) is 58.6 Å². The third kappa shape index (κ3) is 7.40. The van der Waals surface area contributed by atoms with Gasteiger partial charge in [-0.2, -0.15) is 0 Å². The molecule has 0 aliphatic heterocycles. The van der Waals surface area contributed by atoms with Crippen molar-refractivity contribution in [3.63, 3.8) is 0 Å². The largest absolute Gasteiger partial charge is 0.494 e. The van der Waals surface area contributed by atoms with Crippen LogP contribution in [0.4, 0.5) is 14.9 Å². The second-order valence-corrected chi connectivity index (χ2v) is 5.42. The van der Waals surface area contributed by atoms with Crippen molar-refractivity contribution in [1.29, 1.82) is 0 Å². The number of hydrogen-bond acceptors (Lipinski definition) is 2. The lowest BCUT2D eigenvalue weighted by Gasteiger charge is -2.05. The number of rotatable bonds is 7. The molecule has 0 aliphatic carbocycles. The number of hydrogen-bond donors (Lipinski definition) is 2. The molecule has 0 spiro atoms. The number of benzene rings is 2. The number of unbranched alkanes of at least 4 members (excludes halogenated alkanes) is 3. The normalized spacial score (nSPS) is 9.80. The third-order valence-corrected chi connectivity index (χ3v) is 3.40. The molecule has 2 aromatic carbocycles. The monoisotopic (exact) mass is 341 g/mol. The molecule has 0 heterocycles. The van der Waals surface area contributed by atoms with Crippen LogP contribution in [0.5, 0.6) is 5.75 Å². The van der Waals surface area contributed by atoms with E-state index < -0.39 is 6.09 Å². The summed E-state index contributed by atoms with van der Waals surface area (Å²) >= 11 is 0. The lowest BCUT2D eigenvalue weighted by atomic mass is 10.1. The molecule has 0 bridgehead atoms. The SMILES string of the molecule is O=C(O)Nc1ccc(C#CCCCCCOc2ccc(F)cc2)cc1. The lowest BCUT2D eigenvalue weighted by Crippen LogP contribution is -2.06. The maximum Gasteiger partial charge on any atom is 0.409 e. The molecular weight excluding hydrogens is 321 g/mol. The molecule has 1 amide bonds. The molecule has 0 fully saturated rings. The Morgan fingerprint density at radius 1 is 1.04 bits per heavy atom. The summed E-state index contributed by atoms with van der Waals surface area (Å²) in [7, 11) is 0. The molecule has 0 radical (unpaired) electrons. The lowest BCUT2D eigenvalue weighted by molar-refractivity contribution is 0.209. The Bertz CT molecular complexity index is 730. The van der Waals surface area contributed by atoms with E-state index in [-0.39, 0.29) is 5.82 Å². The first kappa shape index (κ1) is 18.3. The van der Waals surface area contributed by atoms with Crippen molar-refractivity contribution >= 4 is 11.8 Å². The van der Waals surface area contributed by atoms with Gasteiger partial charge < -0.3 is 9.84 Å². The Morgan fingerprint density at radius 2 is 1.76 bits per heavy atom. The third-order valence-electron chi connectivity index (χ3n) is 3.40. The number of amides is 1. The molecule has 0 unspecified atom stereocenters. The van der Waals surface area contributed by atoms with Crippen LogP contribution in [0.15, 0.2) is 48.5 Å². The molecule has 2 rings (SSSR count). The van der Waals surface area contributed by atoms with Gasteiger partial charge >= 0.3 is 6.09 Å². The molecule has 0 saturated heterocycles. The number of anilines is 1. The Balaban J connectivity index is 1.59. The van der Waals surface area contributed by atoms with Crippen molar-refractivity contribution in [1.82, 2.24) is 0 Å². The van der Waals surface area contributed by atoms with Gasteiger partial charge in [-0.15, -0.1) is 0 Å². The van der Waals surface area contributed by atoms with E-state index in [9.17, 15) is 9.18 Å². The average molecular weight is 341 g/mol. The summed E-state index contributed by atoms with van der Waals surface area (Å²) in [4.78, 5) is 10.5. The summed E-state index contributed by atoms with van der Waals surface area (Å²) in [6.07, 6.45) is 2.64. The van der Waals surface area contributed by atoms with E-state index in [1.165, 1.54) is 12.1 Å². The van der Waals surface area contributed by atoms with Crippen molar-refractivity contribution in [3.05, 3.63) is 59.9 Å². The first-order valence-electron chi connectivity index (χ1n) is 8.11. The van der Waals surface area contributed by atoms with E-state index in [1.54, 1.807) is 36.4 Å². The van der Waals surface area contributed by atoms with Crippen LogP contribution < -0.4 is 10.1 Å². The van der Waals surface area contributed by atoms with Gasteiger partial charge in [0.25, 0.3) is 0 Å². The Hall–Kier alpha value is -3.00. The van der Waals surface area contributed by atoms with Crippen LogP contribution >= 0.6 is 0 Å². The van der Waals surface area contributed by atoms with Gasteiger partial charge in [0.05, 0.1) is 6.61 Å². The maximum absolute atomic E-state index is 12.7. The van der Waals surface area contributed by atoms with E-state index in [4.69, 9.17) is 9.84 Å². The standard InChI is InChI=1S/C20H20FNO3/c21-17-9-13-19(14-10-17)25-15-5-3-1-2-4-6-16-7-11-18(12-8-16)22-20(23)24/h7-14,22H,1-3,5,15H2,(H,23,24). The minimum atomic E-state index is -1.08. The first-order valence-corrected chi connectivity index (χ1v) is 8.11. The fourth-order valence-electron chi connectivity index (χ4n) is 2.14. The predicted molar refractivity (Wildman–Crippen MR) is 95.3 cm³/mol. The molecule has 0 aliphatic rings. The van der Waals surface area contributed by atoms with Crippen LogP contribution in [0.3, 0.4) is 0 Å². The van der Waals surface area contributed by atoms with Crippen molar-refractivity contribution in [3.8, 4) is 17.6 Å². The Morgan fingerprint density at radius 3 is 2.44 bits per heavy atom. The molecule has 0 atom stereocenters. The van der Waals surface area contributed by atoms with E-state index in [1.807, 2.05) is 0 Å². The second-order valence-electron chi connectivity index (χ2n) is 5.42. The van der Waals surface area contributed by atoms with Gasteiger partial charge in [-0.1, -0.05) is 11.8 Å². The van der Waals surface area contributed by atoms with Gasteiger partial charge in [-0.05, 0) is 67.8 Å². The average Bonchev–Trinajstić information content (AvgIpc) is 2.60. The van der Waals surface area contributed by atoms with Crippen LogP contribution in [0.2, 0.25) is 0 Å². The zero-order valence-corrected chi connectivity index (χ0v) is 13.8. The molecule has 0 aromatic heterocycles. The quantitative estimate of drug-likeness (QED) is 0.556. The highest BCUT2D eigenvalue weighted by atomic mass is 19.1. The summed E-state index contributed by atoms with van der Waals surface area (Å²) in [5.41, 5.74) is 1.38. The van der Waals surface area contributed by atoms with E-state index in [0.717, 1.165) is 31.2 Å². The highest BCUT2D eigenvalue weighted by Crippen LogP contribution is 2.12. The molecule has 4 nitrogen and oxygen atoms in total. The van der Waals surface area contributed by atoms with Gasteiger partial charge in [0.15, 0.2) is 0 Å². The zero-order chi connectivity index (χ0) is 17.9. The molecule has 0 saturated carbocycles. The molecule has 5 heteroatoms. The first-order chi connectivity index (χ1) is 12.1. The van der Waals surface area contributed by atoms with Gasteiger partial charge in [-0.25, -0.2) is 9.18 Å². The zero-order valence-electron chi connectivity index (χ0n) is 13.8. The highest BCUT2D eigenvalue weighted by molar-refractivity contribution is 5.82. The Labute approximate surface area is 146 Å². The minimum absolute atomic E-state index is 0.265. The summed E-state index contributed by atoms with van der Waals surface area (Å²) in [6, 6.07) is 13.0. The van der Waals surface area contributed by atoms with E-state index in [0.29, 0.717) is 18.0 Å². The predicted octanol–water partition coefficient (Wildman–Crippen LogP) is 4.91. The van der Waals surface area contributed by atoms with Gasteiger partial charge in [0, 0.05) is 17.7 Å². The van der Waals surface area contributed by atoms with Crippen LogP contribution in [0.1, 0.15) is 31.2 Å². The molecular formula is C20H20FNO3. The summed E-state index contributed by atoms with van der Waals surface area (Å²) < 4.78 is 18.3. The Kier molecular flexibility index (Phi) is 7.33. The van der Waals surface area contributed by atoms with Crippen LogP contribution in [-0.2, 0) is 0 Å². The fourth-order valence-corrected chi connectivity index (χ4v) is 2.14. The van der Waals surface area contributed by atoms with Crippen LogP contribution in [0.25, 0.3) is 0 Å². The van der Waals surface area contributed by atoms with Crippen molar-refractivity contribution in [2.75, 3.05) is 11.9 Å². The maximum atomic E-state index is 12.7. The van der Waals surface area contributed by atoms with Gasteiger partial charge in [-0.3, -0.25) is 5.32 Å². The smallest absolute Gasteiger partial charge is 0.409 e. The fraction of sp³-hybridized carbons (Fsp3) is 0.250. The van der Waals surface area contributed by atoms with E-state index >= 15 is 0 Å². The summed E-state index contributed by atoms with van der Waals surface area (Å²) in [5.74, 6) is 6.58. The summed E-state index contributed by atoms with van der Waals surface area (Å²) in [5, 5.41) is 10.9. The van der Waals surface area contributed by atoms with Crippen molar-refractivity contribution in [2.45, 2.75) is 25.7 Å². The highest BCUT2D eigenvalue weighted by Gasteiger charge is 1.97. The van der Waals surface area contributed by atoms with Crippen LogP contribution in [0, 0.1) is 17.7 Å². The summed E-state index contributed by atoms with van der Waals surface area (Å²) in [6.45, 7) is 0.608. The van der Waals surface area contributed by atoms with Gasteiger partial charge in [0.2, 0.25) is 0 Å². The number of carboxylic acid groups (broad SMARTS) is 1. The second kappa shape index (κ2) is 9.99. The molecule has 25 heavy (non-hydrogen) atoms. The van der Waals surface area contributed by atoms with Crippen molar-refractivity contribution < 1.29 is 19.0 Å².